The van der Waals surface area contributed by atoms with E-state index in [2.05, 4.69) is 20.5 Å². The summed E-state index contributed by atoms with van der Waals surface area (Å²) in [6.07, 6.45) is -1.22. The zero-order chi connectivity index (χ0) is 14.6. The summed E-state index contributed by atoms with van der Waals surface area (Å²) in [6, 6.07) is -0.209. The third kappa shape index (κ3) is 4.48. The number of hydrogen-bond acceptors (Lipinski definition) is 4. The van der Waals surface area contributed by atoms with Gasteiger partial charge in [0, 0.05) is 6.04 Å². The predicted octanol–water partition coefficient (Wildman–Crippen LogP) is 1.42. The summed E-state index contributed by atoms with van der Waals surface area (Å²) in [5.74, 6) is -0.327. The molecule has 0 radical (unpaired) electrons. The van der Waals surface area contributed by atoms with E-state index in [0.29, 0.717) is 25.7 Å². The van der Waals surface area contributed by atoms with Gasteiger partial charge in [-0.3, -0.25) is 9.89 Å². The van der Waals surface area contributed by atoms with Crippen molar-refractivity contribution in [3.05, 3.63) is 12.2 Å². The van der Waals surface area contributed by atoms with Crippen LogP contribution in [0, 0.1) is 0 Å². The van der Waals surface area contributed by atoms with Crippen molar-refractivity contribution in [2.45, 2.75) is 44.0 Å². The largest absolute Gasteiger partial charge is 0.411 e. The van der Waals surface area contributed by atoms with Crippen molar-refractivity contribution < 1.29 is 22.7 Å². The van der Waals surface area contributed by atoms with Crippen molar-refractivity contribution in [3.63, 3.8) is 0 Å². The Morgan fingerprint density at radius 3 is 2.95 bits per heavy atom. The number of hydrogen-bond donors (Lipinski definition) is 2. The van der Waals surface area contributed by atoms with Gasteiger partial charge in [0.05, 0.1) is 6.10 Å². The molecule has 1 aromatic rings. The number of nitrogens with zero attached hydrogens (tertiary/aromatic N) is 2. The molecule has 1 saturated carbocycles. The van der Waals surface area contributed by atoms with E-state index in [-0.39, 0.29) is 11.9 Å². The number of carbonyl (C=O) groups excluding carboxylic acids is 1. The normalized spacial score (nSPS) is 23.6. The highest BCUT2D eigenvalue weighted by Gasteiger charge is 2.31. The summed E-state index contributed by atoms with van der Waals surface area (Å²) in [6.45, 7) is -1.25. The van der Waals surface area contributed by atoms with Crippen LogP contribution in [0.2, 0.25) is 0 Å². The summed E-state index contributed by atoms with van der Waals surface area (Å²) in [4.78, 5) is 15.4. The number of aromatic amines is 1. The van der Waals surface area contributed by atoms with Gasteiger partial charge in [-0.1, -0.05) is 0 Å². The fourth-order valence-corrected chi connectivity index (χ4v) is 2.21. The van der Waals surface area contributed by atoms with Gasteiger partial charge < -0.3 is 10.1 Å². The standard InChI is InChI=1S/C11H15F3N4O2/c12-11(13,14)5-20-8-3-1-2-7(4-8)17-10(19)9-15-6-16-18-9/h6-8H,1-5H2,(H,17,19)(H,15,16,18). The quantitative estimate of drug-likeness (QED) is 0.879. The molecule has 1 fully saturated rings. The Morgan fingerprint density at radius 2 is 2.30 bits per heavy atom. The van der Waals surface area contributed by atoms with Crippen LogP contribution in [-0.4, -0.2) is 46.0 Å². The maximum Gasteiger partial charge on any atom is 0.411 e. The van der Waals surface area contributed by atoms with E-state index in [1.165, 1.54) is 6.33 Å². The second-order valence-corrected chi connectivity index (χ2v) is 4.72. The Bertz CT molecular complexity index is 435. The Hall–Kier alpha value is -1.64. The summed E-state index contributed by atoms with van der Waals surface area (Å²) in [5.41, 5.74) is 0. The fourth-order valence-electron chi connectivity index (χ4n) is 2.21. The van der Waals surface area contributed by atoms with Gasteiger partial charge in [-0.15, -0.1) is 0 Å². The second kappa shape index (κ2) is 6.21. The molecule has 0 saturated heterocycles. The molecule has 1 heterocycles. The van der Waals surface area contributed by atoms with Crippen molar-refractivity contribution in [2.24, 2.45) is 0 Å². The van der Waals surface area contributed by atoms with E-state index >= 15 is 0 Å². The molecular formula is C11H15F3N4O2. The lowest BCUT2D eigenvalue weighted by Crippen LogP contribution is -2.41. The highest BCUT2D eigenvalue weighted by Crippen LogP contribution is 2.24. The molecule has 1 aliphatic rings. The third-order valence-corrected chi connectivity index (χ3v) is 3.07. The molecule has 0 aliphatic heterocycles. The van der Waals surface area contributed by atoms with E-state index in [4.69, 9.17) is 4.74 Å². The minimum Gasteiger partial charge on any atom is -0.369 e. The van der Waals surface area contributed by atoms with Crippen LogP contribution in [0.25, 0.3) is 0 Å². The molecule has 0 aromatic carbocycles. The first kappa shape index (κ1) is 14.8. The van der Waals surface area contributed by atoms with Crippen molar-refractivity contribution in [1.29, 1.82) is 0 Å². The summed E-state index contributed by atoms with van der Waals surface area (Å²) < 4.78 is 41.1. The number of rotatable bonds is 4. The average Bonchev–Trinajstić information content (AvgIpc) is 2.90. The Morgan fingerprint density at radius 1 is 1.50 bits per heavy atom. The van der Waals surface area contributed by atoms with Crippen LogP contribution in [0.15, 0.2) is 6.33 Å². The molecule has 112 valence electrons. The minimum absolute atomic E-state index is 0.0864. The summed E-state index contributed by atoms with van der Waals surface area (Å²) in [5, 5.41) is 8.71. The molecule has 2 atom stereocenters. The van der Waals surface area contributed by atoms with Crippen LogP contribution in [-0.2, 0) is 4.74 Å². The minimum atomic E-state index is -4.32. The molecule has 6 nitrogen and oxygen atoms in total. The maximum absolute atomic E-state index is 12.1. The average molecular weight is 292 g/mol. The molecule has 20 heavy (non-hydrogen) atoms. The fraction of sp³-hybridized carbons (Fsp3) is 0.727. The van der Waals surface area contributed by atoms with Crippen LogP contribution in [0.1, 0.15) is 36.3 Å². The second-order valence-electron chi connectivity index (χ2n) is 4.72. The van der Waals surface area contributed by atoms with E-state index in [1.807, 2.05) is 0 Å². The van der Waals surface area contributed by atoms with Crippen molar-refractivity contribution in [1.82, 2.24) is 20.5 Å². The van der Waals surface area contributed by atoms with Gasteiger partial charge >= 0.3 is 6.18 Å². The van der Waals surface area contributed by atoms with Crippen LogP contribution < -0.4 is 5.32 Å². The predicted molar refractivity (Wildman–Crippen MR) is 61.9 cm³/mol. The van der Waals surface area contributed by atoms with Gasteiger partial charge in [-0.2, -0.15) is 18.3 Å². The molecule has 0 spiro atoms. The number of H-pyrrole nitrogens is 1. The van der Waals surface area contributed by atoms with Gasteiger partial charge in [0.2, 0.25) is 5.82 Å². The van der Waals surface area contributed by atoms with Crippen molar-refractivity contribution in [3.8, 4) is 0 Å². The van der Waals surface area contributed by atoms with Crippen LogP contribution in [0.4, 0.5) is 13.2 Å². The molecule has 2 rings (SSSR count). The molecule has 1 amide bonds. The topological polar surface area (TPSA) is 79.9 Å². The smallest absolute Gasteiger partial charge is 0.369 e. The molecule has 0 bridgehead atoms. The highest BCUT2D eigenvalue weighted by atomic mass is 19.4. The lowest BCUT2D eigenvalue weighted by atomic mass is 9.93. The van der Waals surface area contributed by atoms with Gasteiger partial charge in [0.25, 0.3) is 5.91 Å². The number of amides is 1. The van der Waals surface area contributed by atoms with E-state index in [9.17, 15) is 18.0 Å². The molecule has 9 heteroatoms. The Labute approximate surface area is 113 Å². The molecule has 1 aliphatic carbocycles. The van der Waals surface area contributed by atoms with E-state index < -0.39 is 24.8 Å². The maximum atomic E-state index is 12.1. The van der Waals surface area contributed by atoms with Crippen molar-refractivity contribution >= 4 is 5.91 Å². The number of carbonyl (C=O) groups is 1. The highest BCUT2D eigenvalue weighted by molar-refractivity contribution is 5.90. The molecular weight excluding hydrogens is 277 g/mol. The van der Waals surface area contributed by atoms with E-state index in [1.54, 1.807) is 0 Å². The summed E-state index contributed by atoms with van der Waals surface area (Å²) >= 11 is 0. The number of nitrogens with one attached hydrogen (secondary N) is 2. The first-order chi connectivity index (χ1) is 9.44. The van der Waals surface area contributed by atoms with Gasteiger partial charge in [0.1, 0.15) is 12.9 Å². The number of aromatic nitrogens is 3. The van der Waals surface area contributed by atoms with Gasteiger partial charge in [-0.05, 0) is 25.7 Å². The summed E-state index contributed by atoms with van der Waals surface area (Å²) in [7, 11) is 0. The Kier molecular flexibility index (Phi) is 4.58. The molecule has 2 N–H and O–H groups in total. The van der Waals surface area contributed by atoms with Crippen LogP contribution in [0.5, 0.6) is 0 Å². The first-order valence-electron chi connectivity index (χ1n) is 6.28. The lowest BCUT2D eigenvalue weighted by molar-refractivity contribution is -0.188. The van der Waals surface area contributed by atoms with E-state index in [0.717, 1.165) is 0 Å². The van der Waals surface area contributed by atoms with Crippen LogP contribution >= 0.6 is 0 Å². The SMILES string of the molecule is O=C(NC1CCCC(OCC(F)(F)F)C1)c1ncn[nH]1. The zero-order valence-corrected chi connectivity index (χ0v) is 10.6. The number of halogens is 3. The number of alkyl halides is 3. The first-order valence-corrected chi connectivity index (χ1v) is 6.28. The monoisotopic (exact) mass is 292 g/mol. The van der Waals surface area contributed by atoms with Gasteiger partial charge in [0.15, 0.2) is 0 Å². The van der Waals surface area contributed by atoms with Crippen molar-refractivity contribution in [2.75, 3.05) is 6.61 Å². The molecule has 1 aromatic heterocycles. The van der Waals surface area contributed by atoms with Crippen LogP contribution in [0.3, 0.4) is 0 Å². The molecule has 2 unspecified atom stereocenters. The third-order valence-electron chi connectivity index (χ3n) is 3.07. The number of ether oxygens (including phenoxy) is 1. The zero-order valence-electron chi connectivity index (χ0n) is 10.6. The van der Waals surface area contributed by atoms with Gasteiger partial charge in [-0.25, -0.2) is 4.98 Å². The Balaban J connectivity index is 1.80. The lowest BCUT2D eigenvalue weighted by Gasteiger charge is -2.29.